The predicted octanol–water partition coefficient (Wildman–Crippen LogP) is 2.25. The maximum absolute atomic E-state index is 10.3. The van der Waals surface area contributed by atoms with Crippen molar-refractivity contribution in [2.75, 3.05) is 13.2 Å². The van der Waals surface area contributed by atoms with Crippen molar-refractivity contribution in [3.63, 3.8) is 0 Å². The lowest BCUT2D eigenvalue weighted by atomic mass is 10.00. The van der Waals surface area contributed by atoms with Crippen molar-refractivity contribution < 1.29 is 9.66 Å². The van der Waals surface area contributed by atoms with E-state index in [1.807, 2.05) is 0 Å². The highest BCUT2D eigenvalue weighted by molar-refractivity contribution is 4.64. The fourth-order valence-corrected chi connectivity index (χ4v) is 1.79. The lowest BCUT2D eigenvalue weighted by molar-refractivity contribution is -0.519. The molecule has 82 valence electrons. The van der Waals surface area contributed by atoms with Crippen LogP contribution < -0.4 is 0 Å². The molecule has 4 nitrogen and oxygen atoms in total. The van der Waals surface area contributed by atoms with Gasteiger partial charge in [0.25, 0.3) is 0 Å². The third kappa shape index (κ3) is 4.05. The van der Waals surface area contributed by atoms with Gasteiger partial charge in [0.2, 0.25) is 6.04 Å². The van der Waals surface area contributed by atoms with Crippen LogP contribution in [0.3, 0.4) is 0 Å². The Morgan fingerprint density at radius 1 is 1.57 bits per heavy atom. The van der Waals surface area contributed by atoms with Gasteiger partial charge in [0.05, 0.1) is 0 Å². The minimum absolute atomic E-state index is 0.196. The number of hydrogen-bond acceptors (Lipinski definition) is 3. The molecule has 0 aliphatic carbocycles. The zero-order valence-electron chi connectivity index (χ0n) is 8.78. The molecule has 0 aromatic rings. The Morgan fingerprint density at radius 3 is 2.93 bits per heavy atom. The molecule has 0 aromatic carbocycles. The van der Waals surface area contributed by atoms with Crippen LogP contribution in [0.15, 0.2) is 0 Å². The molecular weight excluding hydrogens is 182 g/mol. The van der Waals surface area contributed by atoms with E-state index in [9.17, 15) is 10.1 Å². The summed E-state index contributed by atoms with van der Waals surface area (Å²) in [5.41, 5.74) is 0. The van der Waals surface area contributed by atoms with Crippen LogP contribution in [0.5, 0.6) is 0 Å². The fourth-order valence-electron chi connectivity index (χ4n) is 1.79. The summed E-state index contributed by atoms with van der Waals surface area (Å²) >= 11 is 0. The third-order valence-electron chi connectivity index (χ3n) is 2.87. The second-order valence-electron chi connectivity index (χ2n) is 4.15. The quantitative estimate of drug-likeness (QED) is 0.376. The maximum atomic E-state index is 10.3. The monoisotopic (exact) mass is 201 g/mol. The van der Waals surface area contributed by atoms with Gasteiger partial charge in [-0.2, -0.15) is 0 Å². The van der Waals surface area contributed by atoms with Gasteiger partial charge in [0, 0.05) is 31.5 Å². The van der Waals surface area contributed by atoms with E-state index >= 15 is 0 Å². The van der Waals surface area contributed by atoms with Gasteiger partial charge in [-0.1, -0.05) is 6.42 Å². The minimum Gasteiger partial charge on any atom is -0.381 e. The lowest BCUT2D eigenvalue weighted by Gasteiger charge is -2.07. The first-order valence-electron chi connectivity index (χ1n) is 5.41. The second-order valence-corrected chi connectivity index (χ2v) is 4.15. The van der Waals surface area contributed by atoms with Crippen molar-refractivity contribution in [3.05, 3.63) is 10.1 Å². The molecule has 1 unspecified atom stereocenters. The van der Waals surface area contributed by atoms with Gasteiger partial charge < -0.3 is 4.74 Å². The van der Waals surface area contributed by atoms with Crippen molar-refractivity contribution >= 4 is 0 Å². The van der Waals surface area contributed by atoms with Gasteiger partial charge in [0.1, 0.15) is 0 Å². The number of unbranched alkanes of at least 4 members (excludes halogenated alkanes) is 1. The first-order valence-corrected chi connectivity index (χ1v) is 5.41. The molecule has 1 heterocycles. The van der Waals surface area contributed by atoms with E-state index in [0.29, 0.717) is 12.3 Å². The van der Waals surface area contributed by atoms with E-state index in [4.69, 9.17) is 4.74 Å². The summed E-state index contributed by atoms with van der Waals surface area (Å²) < 4.78 is 5.27. The van der Waals surface area contributed by atoms with Crippen molar-refractivity contribution in [2.45, 2.75) is 45.1 Å². The van der Waals surface area contributed by atoms with Crippen LogP contribution in [0.4, 0.5) is 0 Å². The molecule has 14 heavy (non-hydrogen) atoms. The summed E-state index contributed by atoms with van der Waals surface area (Å²) in [5, 5.41) is 10.3. The number of nitrogens with zero attached hydrogens (tertiary/aromatic N) is 1. The number of hydrogen-bond donors (Lipinski definition) is 0. The van der Waals surface area contributed by atoms with Crippen LogP contribution in [0.2, 0.25) is 0 Å². The van der Waals surface area contributed by atoms with Crippen molar-refractivity contribution in [1.82, 2.24) is 0 Å². The molecule has 1 aliphatic rings. The molecule has 1 saturated heterocycles. The van der Waals surface area contributed by atoms with E-state index in [0.717, 1.165) is 26.1 Å². The minimum atomic E-state index is -0.380. The molecule has 0 radical (unpaired) electrons. The van der Waals surface area contributed by atoms with Gasteiger partial charge in [-0.25, -0.2) is 0 Å². The van der Waals surface area contributed by atoms with E-state index in [2.05, 4.69) is 0 Å². The molecule has 0 N–H and O–H groups in total. The highest BCUT2D eigenvalue weighted by Gasteiger charge is 2.16. The predicted molar refractivity (Wildman–Crippen MR) is 53.9 cm³/mol. The Balaban J connectivity index is 1.95. The number of nitro groups is 1. The highest BCUT2D eigenvalue weighted by Crippen LogP contribution is 2.19. The van der Waals surface area contributed by atoms with Crippen LogP contribution in [0.1, 0.15) is 39.0 Å². The van der Waals surface area contributed by atoms with E-state index in [1.54, 1.807) is 6.92 Å². The Hall–Kier alpha value is -0.640. The van der Waals surface area contributed by atoms with Crippen molar-refractivity contribution in [3.8, 4) is 0 Å². The highest BCUT2D eigenvalue weighted by atomic mass is 16.6. The average Bonchev–Trinajstić information content (AvgIpc) is 2.64. The van der Waals surface area contributed by atoms with Crippen LogP contribution in [0.25, 0.3) is 0 Å². The maximum Gasteiger partial charge on any atom is 0.210 e. The molecule has 2 atom stereocenters. The first-order chi connectivity index (χ1) is 6.70. The molecule has 0 aromatic heterocycles. The molecule has 1 rings (SSSR count). The van der Waals surface area contributed by atoms with Gasteiger partial charge >= 0.3 is 0 Å². The van der Waals surface area contributed by atoms with E-state index < -0.39 is 0 Å². The summed E-state index contributed by atoms with van der Waals surface area (Å²) in [4.78, 5) is 10.1. The molecule has 0 saturated carbocycles. The molecule has 1 aliphatic heterocycles. The largest absolute Gasteiger partial charge is 0.381 e. The SMILES string of the molecule is C[C@@H](CCCCC1CCOC1)[N+](=O)[O-]. The fraction of sp³-hybridized carbons (Fsp3) is 1.00. The lowest BCUT2D eigenvalue weighted by Crippen LogP contribution is -2.14. The molecule has 0 amide bonds. The Bertz CT molecular complexity index is 178. The normalized spacial score (nSPS) is 23.6. The number of rotatable bonds is 6. The average molecular weight is 201 g/mol. The molecule has 4 heteroatoms. The topological polar surface area (TPSA) is 52.4 Å². The van der Waals surface area contributed by atoms with Gasteiger partial charge in [-0.05, 0) is 25.2 Å². The second kappa shape index (κ2) is 5.96. The van der Waals surface area contributed by atoms with E-state index in [-0.39, 0.29) is 11.0 Å². The Morgan fingerprint density at radius 2 is 2.36 bits per heavy atom. The van der Waals surface area contributed by atoms with Crippen molar-refractivity contribution in [2.24, 2.45) is 5.92 Å². The van der Waals surface area contributed by atoms with Gasteiger partial charge in [-0.15, -0.1) is 0 Å². The standard InChI is InChI=1S/C10H19NO3/c1-9(11(12)13)4-2-3-5-10-6-7-14-8-10/h9-10H,2-8H2,1H3/t9-,10?/m0/s1. The number of ether oxygens (including phenoxy) is 1. The van der Waals surface area contributed by atoms with Crippen molar-refractivity contribution in [1.29, 1.82) is 0 Å². The zero-order chi connectivity index (χ0) is 10.4. The third-order valence-corrected chi connectivity index (χ3v) is 2.87. The summed E-state index contributed by atoms with van der Waals surface area (Å²) in [6, 6.07) is -0.380. The molecular formula is C10H19NO3. The van der Waals surface area contributed by atoms with Crippen LogP contribution in [0, 0.1) is 16.0 Å². The van der Waals surface area contributed by atoms with E-state index in [1.165, 1.54) is 12.8 Å². The molecule has 0 bridgehead atoms. The van der Waals surface area contributed by atoms with Crippen LogP contribution in [-0.2, 0) is 4.74 Å². The molecule has 1 fully saturated rings. The summed E-state index contributed by atoms with van der Waals surface area (Å²) in [6.45, 7) is 3.47. The molecule has 0 spiro atoms. The van der Waals surface area contributed by atoms with Crippen LogP contribution >= 0.6 is 0 Å². The Kier molecular flexibility index (Phi) is 4.87. The van der Waals surface area contributed by atoms with Gasteiger partial charge in [-0.3, -0.25) is 10.1 Å². The van der Waals surface area contributed by atoms with Gasteiger partial charge in [0.15, 0.2) is 0 Å². The van der Waals surface area contributed by atoms with Crippen LogP contribution in [-0.4, -0.2) is 24.2 Å². The first kappa shape index (κ1) is 11.4. The summed E-state index contributed by atoms with van der Waals surface area (Å²) in [7, 11) is 0. The summed E-state index contributed by atoms with van der Waals surface area (Å²) in [5.74, 6) is 0.709. The summed E-state index contributed by atoms with van der Waals surface area (Å²) in [6.07, 6.45) is 5.13. The zero-order valence-corrected chi connectivity index (χ0v) is 8.78. The smallest absolute Gasteiger partial charge is 0.210 e. The Labute approximate surface area is 84.8 Å².